The molecule has 0 aliphatic heterocycles. The van der Waals surface area contributed by atoms with Crippen molar-refractivity contribution in [3.63, 3.8) is 0 Å². The lowest BCUT2D eigenvalue weighted by molar-refractivity contribution is 0.0956. The van der Waals surface area contributed by atoms with Crippen molar-refractivity contribution >= 4 is 11.6 Å². The fraction of sp³-hybridized carbons (Fsp3) is 0.235. The molecule has 0 spiro atoms. The SMILES string of the molecule is CCNC(=O)c1ccc(NC(C)c2ccc(F)cc2)cc1. The van der Waals surface area contributed by atoms with Crippen LogP contribution in [0.15, 0.2) is 48.5 Å². The van der Waals surface area contributed by atoms with Crippen LogP contribution in [0.2, 0.25) is 0 Å². The highest BCUT2D eigenvalue weighted by atomic mass is 19.1. The highest BCUT2D eigenvalue weighted by Crippen LogP contribution is 2.19. The van der Waals surface area contributed by atoms with Crippen LogP contribution in [0.5, 0.6) is 0 Å². The van der Waals surface area contributed by atoms with E-state index in [4.69, 9.17) is 0 Å². The van der Waals surface area contributed by atoms with Crippen LogP contribution in [-0.4, -0.2) is 12.5 Å². The number of halogens is 1. The molecule has 0 aliphatic rings. The average molecular weight is 286 g/mol. The average Bonchev–Trinajstić information content (AvgIpc) is 2.49. The molecule has 3 nitrogen and oxygen atoms in total. The van der Waals surface area contributed by atoms with E-state index in [1.54, 1.807) is 24.3 Å². The third-order valence-electron chi connectivity index (χ3n) is 3.24. The smallest absolute Gasteiger partial charge is 0.251 e. The largest absolute Gasteiger partial charge is 0.379 e. The Morgan fingerprint density at radius 3 is 2.29 bits per heavy atom. The van der Waals surface area contributed by atoms with Gasteiger partial charge >= 0.3 is 0 Å². The van der Waals surface area contributed by atoms with Crippen LogP contribution in [-0.2, 0) is 0 Å². The van der Waals surface area contributed by atoms with Crippen molar-refractivity contribution in [2.24, 2.45) is 0 Å². The van der Waals surface area contributed by atoms with Gasteiger partial charge in [0.15, 0.2) is 0 Å². The summed E-state index contributed by atoms with van der Waals surface area (Å²) in [6.45, 7) is 4.50. The number of hydrogen-bond donors (Lipinski definition) is 2. The molecule has 0 bridgehead atoms. The Labute approximate surface area is 124 Å². The number of carbonyl (C=O) groups is 1. The Morgan fingerprint density at radius 1 is 1.10 bits per heavy atom. The lowest BCUT2D eigenvalue weighted by Crippen LogP contribution is -2.22. The topological polar surface area (TPSA) is 41.1 Å². The Kier molecular flexibility index (Phi) is 4.93. The fourth-order valence-electron chi connectivity index (χ4n) is 2.07. The van der Waals surface area contributed by atoms with E-state index in [0.717, 1.165) is 11.3 Å². The summed E-state index contributed by atoms with van der Waals surface area (Å²) in [5, 5.41) is 6.08. The van der Waals surface area contributed by atoms with Gasteiger partial charge in [-0.25, -0.2) is 4.39 Å². The third-order valence-corrected chi connectivity index (χ3v) is 3.24. The van der Waals surface area contributed by atoms with Crippen LogP contribution >= 0.6 is 0 Å². The molecule has 0 aromatic heterocycles. The maximum Gasteiger partial charge on any atom is 0.251 e. The highest BCUT2D eigenvalue weighted by molar-refractivity contribution is 5.94. The minimum Gasteiger partial charge on any atom is -0.379 e. The summed E-state index contributed by atoms with van der Waals surface area (Å²) >= 11 is 0. The van der Waals surface area contributed by atoms with E-state index < -0.39 is 0 Å². The number of anilines is 1. The van der Waals surface area contributed by atoms with Crippen LogP contribution in [0.4, 0.5) is 10.1 Å². The van der Waals surface area contributed by atoms with Crippen molar-refractivity contribution < 1.29 is 9.18 Å². The fourth-order valence-corrected chi connectivity index (χ4v) is 2.07. The first-order chi connectivity index (χ1) is 10.1. The van der Waals surface area contributed by atoms with Gasteiger partial charge in [-0.1, -0.05) is 12.1 Å². The summed E-state index contributed by atoms with van der Waals surface area (Å²) in [5.41, 5.74) is 2.56. The Morgan fingerprint density at radius 2 is 1.71 bits per heavy atom. The van der Waals surface area contributed by atoms with Gasteiger partial charge in [-0.2, -0.15) is 0 Å². The maximum absolute atomic E-state index is 12.9. The maximum atomic E-state index is 12.9. The van der Waals surface area contributed by atoms with Crippen LogP contribution < -0.4 is 10.6 Å². The predicted molar refractivity (Wildman–Crippen MR) is 82.9 cm³/mol. The van der Waals surface area contributed by atoms with Crippen LogP contribution in [0, 0.1) is 5.82 Å². The molecule has 2 aromatic rings. The molecular formula is C17H19FN2O. The first kappa shape index (κ1) is 15.0. The van der Waals surface area contributed by atoms with Gasteiger partial charge in [0, 0.05) is 23.8 Å². The van der Waals surface area contributed by atoms with E-state index in [-0.39, 0.29) is 17.8 Å². The third kappa shape index (κ3) is 4.05. The zero-order valence-corrected chi connectivity index (χ0v) is 12.2. The van der Waals surface area contributed by atoms with Crippen molar-refractivity contribution in [1.29, 1.82) is 0 Å². The molecule has 110 valence electrons. The van der Waals surface area contributed by atoms with Crippen molar-refractivity contribution in [3.8, 4) is 0 Å². The second-order valence-corrected chi connectivity index (χ2v) is 4.85. The van der Waals surface area contributed by atoms with Crippen LogP contribution in [0.3, 0.4) is 0 Å². The molecule has 4 heteroatoms. The Hall–Kier alpha value is -2.36. The van der Waals surface area contributed by atoms with E-state index in [2.05, 4.69) is 10.6 Å². The van der Waals surface area contributed by atoms with Crippen molar-refractivity contribution in [1.82, 2.24) is 5.32 Å². The van der Waals surface area contributed by atoms with Gasteiger partial charge in [0.25, 0.3) is 5.91 Å². The van der Waals surface area contributed by atoms with E-state index in [1.165, 1.54) is 12.1 Å². The number of nitrogens with one attached hydrogen (secondary N) is 2. The Balaban J connectivity index is 2.02. The van der Waals surface area contributed by atoms with Gasteiger partial charge in [0.2, 0.25) is 0 Å². The lowest BCUT2D eigenvalue weighted by atomic mass is 10.1. The first-order valence-electron chi connectivity index (χ1n) is 7.00. The molecular weight excluding hydrogens is 267 g/mol. The van der Waals surface area contributed by atoms with E-state index in [1.807, 2.05) is 26.0 Å². The summed E-state index contributed by atoms with van der Waals surface area (Å²) in [6, 6.07) is 13.8. The lowest BCUT2D eigenvalue weighted by Gasteiger charge is -2.16. The Bertz CT molecular complexity index is 593. The van der Waals surface area contributed by atoms with E-state index in [0.29, 0.717) is 12.1 Å². The molecule has 0 aliphatic carbocycles. The minimum atomic E-state index is -0.239. The van der Waals surface area contributed by atoms with Gasteiger partial charge in [-0.15, -0.1) is 0 Å². The second-order valence-electron chi connectivity index (χ2n) is 4.85. The summed E-state index contributed by atoms with van der Waals surface area (Å²) < 4.78 is 12.9. The molecule has 0 saturated heterocycles. The minimum absolute atomic E-state index is 0.0564. The molecule has 0 radical (unpaired) electrons. The van der Waals surface area contributed by atoms with Gasteiger partial charge in [0.1, 0.15) is 5.82 Å². The molecule has 1 amide bonds. The van der Waals surface area contributed by atoms with Crippen molar-refractivity contribution in [2.45, 2.75) is 19.9 Å². The van der Waals surface area contributed by atoms with Gasteiger partial charge < -0.3 is 10.6 Å². The van der Waals surface area contributed by atoms with E-state index >= 15 is 0 Å². The zero-order valence-electron chi connectivity index (χ0n) is 12.2. The van der Waals surface area contributed by atoms with Crippen molar-refractivity contribution in [2.75, 3.05) is 11.9 Å². The predicted octanol–water partition coefficient (Wildman–Crippen LogP) is 3.75. The molecule has 1 unspecified atom stereocenters. The number of rotatable bonds is 5. The number of hydrogen-bond acceptors (Lipinski definition) is 2. The quantitative estimate of drug-likeness (QED) is 0.879. The molecule has 0 fully saturated rings. The number of carbonyl (C=O) groups excluding carboxylic acids is 1. The molecule has 2 aromatic carbocycles. The summed E-state index contributed by atoms with van der Waals surface area (Å²) in [4.78, 5) is 11.7. The standard InChI is InChI=1S/C17H19FN2O/c1-3-19-17(21)14-6-10-16(11-7-14)20-12(2)13-4-8-15(18)9-5-13/h4-12,20H,3H2,1-2H3,(H,19,21). The molecule has 0 heterocycles. The molecule has 0 saturated carbocycles. The first-order valence-corrected chi connectivity index (χ1v) is 7.00. The van der Waals surface area contributed by atoms with Gasteiger partial charge in [0.05, 0.1) is 0 Å². The van der Waals surface area contributed by atoms with Gasteiger partial charge in [-0.3, -0.25) is 4.79 Å². The zero-order chi connectivity index (χ0) is 15.2. The molecule has 1 atom stereocenters. The summed E-state index contributed by atoms with van der Waals surface area (Å²) in [6.07, 6.45) is 0. The number of benzene rings is 2. The van der Waals surface area contributed by atoms with E-state index in [9.17, 15) is 9.18 Å². The van der Waals surface area contributed by atoms with Crippen LogP contribution in [0.25, 0.3) is 0 Å². The van der Waals surface area contributed by atoms with Crippen molar-refractivity contribution in [3.05, 3.63) is 65.5 Å². The normalized spacial score (nSPS) is 11.8. The van der Waals surface area contributed by atoms with Gasteiger partial charge in [-0.05, 0) is 55.8 Å². The number of amides is 1. The molecule has 21 heavy (non-hydrogen) atoms. The summed E-state index contributed by atoms with van der Waals surface area (Å²) in [7, 11) is 0. The second kappa shape index (κ2) is 6.88. The monoisotopic (exact) mass is 286 g/mol. The molecule has 2 N–H and O–H groups in total. The highest BCUT2D eigenvalue weighted by Gasteiger charge is 2.07. The van der Waals surface area contributed by atoms with Crippen LogP contribution in [0.1, 0.15) is 35.8 Å². The summed E-state index contributed by atoms with van der Waals surface area (Å²) in [5.74, 6) is -0.312. The molecule has 2 rings (SSSR count).